The van der Waals surface area contributed by atoms with E-state index in [0.717, 1.165) is 40.0 Å². The Hall–Kier alpha value is -5.46. The molecule has 2 aromatic carbocycles. The Morgan fingerprint density at radius 1 is 1.07 bits per heavy atom. The van der Waals surface area contributed by atoms with E-state index in [-0.39, 0.29) is 17.7 Å². The molecule has 8 rings (SSSR count). The van der Waals surface area contributed by atoms with Gasteiger partial charge in [-0.05, 0) is 37.1 Å². The summed E-state index contributed by atoms with van der Waals surface area (Å²) in [5.41, 5.74) is 4.09. The first-order chi connectivity index (χ1) is 21.9. The van der Waals surface area contributed by atoms with E-state index in [1.807, 2.05) is 53.0 Å². The summed E-state index contributed by atoms with van der Waals surface area (Å²) in [7, 11) is 1.94. The van der Waals surface area contributed by atoms with E-state index in [1.165, 1.54) is 23.3 Å². The number of benzene rings is 2. The average Bonchev–Trinajstić information content (AvgIpc) is 3.74. The van der Waals surface area contributed by atoms with Crippen molar-refractivity contribution in [2.45, 2.75) is 31.4 Å². The standard InChI is InChI=1S/C32H27F2N9O2/c1-41-26-8-4-12-35-32(44)27-14-19(45-28-9-3-6-23(39-28)20-5-2-7-24(40-41)29(20)26)16-42(27)30-21-15-38-43(31(21)37-17-36-30)25-11-10-18(33)13-22(25)34/h2-3,5-7,9-11,13,15,17,19,27H,4,8,12,14,16H2,1H3,(H,35,44)/t19-,27-/m0/s1. The molecule has 226 valence electrons. The monoisotopic (exact) mass is 607 g/mol. The zero-order valence-corrected chi connectivity index (χ0v) is 24.2. The normalized spacial score (nSPS) is 18.5. The van der Waals surface area contributed by atoms with Gasteiger partial charge in [-0.15, -0.1) is 0 Å². The number of pyridine rings is 1. The topological polar surface area (TPSA) is 116 Å². The molecule has 11 nitrogen and oxygen atoms in total. The summed E-state index contributed by atoms with van der Waals surface area (Å²) in [5, 5.41) is 13.7. The fourth-order valence-electron chi connectivity index (χ4n) is 6.45. The number of amides is 1. The van der Waals surface area contributed by atoms with Crippen LogP contribution in [-0.2, 0) is 18.3 Å². The van der Waals surface area contributed by atoms with Crippen LogP contribution in [0.1, 0.15) is 18.5 Å². The van der Waals surface area contributed by atoms with Gasteiger partial charge in [0.2, 0.25) is 11.8 Å². The van der Waals surface area contributed by atoms with Gasteiger partial charge < -0.3 is 15.0 Å². The fraction of sp³-hybridized carbons (Fsp3) is 0.250. The average molecular weight is 608 g/mol. The second-order valence-electron chi connectivity index (χ2n) is 11.3. The molecule has 4 bridgehead atoms. The summed E-state index contributed by atoms with van der Waals surface area (Å²) >= 11 is 0. The number of rotatable bonds is 2. The molecule has 0 radical (unpaired) electrons. The van der Waals surface area contributed by atoms with Crippen LogP contribution in [0.3, 0.4) is 0 Å². The van der Waals surface area contributed by atoms with Crippen LogP contribution in [0.15, 0.2) is 67.1 Å². The fourth-order valence-corrected chi connectivity index (χ4v) is 6.45. The van der Waals surface area contributed by atoms with Crippen LogP contribution in [0.4, 0.5) is 14.6 Å². The Balaban J connectivity index is 1.18. The number of halogens is 2. The Morgan fingerprint density at radius 2 is 1.96 bits per heavy atom. The first kappa shape index (κ1) is 27.1. The van der Waals surface area contributed by atoms with E-state index in [9.17, 15) is 13.6 Å². The number of anilines is 1. The number of aryl methyl sites for hydroxylation is 2. The highest BCUT2D eigenvalue weighted by atomic mass is 19.1. The summed E-state index contributed by atoms with van der Waals surface area (Å²) in [6.45, 7) is 0.811. The van der Waals surface area contributed by atoms with Crippen LogP contribution in [0.2, 0.25) is 0 Å². The zero-order chi connectivity index (χ0) is 30.7. The van der Waals surface area contributed by atoms with Crippen LogP contribution in [0, 0.1) is 11.6 Å². The summed E-state index contributed by atoms with van der Waals surface area (Å²) in [6, 6.07) is 14.4. The van der Waals surface area contributed by atoms with E-state index < -0.39 is 17.7 Å². The first-order valence-corrected chi connectivity index (χ1v) is 14.7. The van der Waals surface area contributed by atoms with Crippen LogP contribution in [0.25, 0.3) is 38.9 Å². The molecule has 0 spiro atoms. The van der Waals surface area contributed by atoms with Gasteiger partial charge in [-0.25, -0.2) is 28.4 Å². The van der Waals surface area contributed by atoms with Crippen LogP contribution in [-0.4, -0.2) is 65.7 Å². The highest BCUT2D eigenvalue weighted by molar-refractivity contribution is 5.96. The van der Waals surface area contributed by atoms with Gasteiger partial charge in [0.25, 0.3) is 0 Å². The van der Waals surface area contributed by atoms with Gasteiger partial charge in [-0.2, -0.15) is 10.2 Å². The molecule has 0 saturated carbocycles. The van der Waals surface area contributed by atoms with Crippen molar-refractivity contribution < 1.29 is 18.3 Å². The number of nitrogens with zero attached hydrogens (tertiary/aromatic N) is 8. The number of fused-ring (bicyclic) bond motifs is 6. The van der Waals surface area contributed by atoms with Crippen molar-refractivity contribution in [1.29, 1.82) is 0 Å². The molecule has 2 aliphatic heterocycles. The van der Waals surface area contributed by atoms with E-state index in [2.05, 4.69) is 20.4 Å². The Labute approximate surface area is 255 Å². The number of hydrogen-bond acceptors (Lipinski definition) is 8. The third kappa shape index (κ3) is 4.62. The molecule has 2 aliphatic rings. The molecule has 6 heterocycles. The van der Waals surface area contributed by atoms with Gasteiger partial charge >= 0.3 is 0 Å². The van der Waals surface area contributed by atoms with Gasteiger partial charge in [0.1, 0.15) is 35.8 Å². The second kappa shape index (κ2) is 10.6. The highest BCUT2D eigenvalue weighted by Gasteiger charge is 2.40. The number of carbonyl (C=O) groups excluding carboxylic acids is 1. The lowest BCUT2D eigenvalue weighted by atomic mass is 10.0. The van der Waals surface area contributed by atoms with Gasteiger partial charge in [0.05, 0.1) is 29.3 Å². The van der Waals surface area contributed by atoms with E-state index >= 15 is 0 Å². The molecule has 2 atom stereocenters. The third-order valence-electron chi connectivity index (χ3n) is 8.48. The number of aromatic nitrogens is 7. The Kier molecular flexibility index (Phi) is 6.39. The minimum Gasteiger partial charge on any atom is -0.472 e. The first-order valence-electron chi connectivity index (χ1n) is 14.7. The molecular formula is C32H27F2N9O2. The van der Waals surface area contributed by atoms with Gasteiger partial charge in [0.15, 0.2) is 11.5 Å². The number of carbonyl (C=O) groups is 1. The Morgan fingerprint density at radius 3 is 2.84 bits per heavy atom. The summed E-state index contributed by atoms with van der Waals surface area (Å²) in [5.74, 6) is -0.706. The molecular weight excluding hydrogens is 580 g/mol. The molecule has 0 unspecified atom stereocenters. The molecule has 1 N–H and O–H groups in total. The van der Waals surface area contributed by atoms with Crippen molar-refractivity contribution in [2.24, 2.45) is 7.05 Å². The SMILES string of the molecule is Cn1nc2cccc3c2c1CCCNC(=O)[C@@H]1C[C@@H](CN1c1ncnc2c1cnn2-c1ccc(F)cc1F)Oc1cccc-3n1. The Bertz CT molecular complexity index is 2110. The highest BCUT2D eigenvalue weighted by Crippen LogP contribution is 2.35. The minimum absolute atomic E-state index is 0.0487. The minimum atomic E-state index is -0.774. The third-order valence-corrected chi connectivity index (χ3v) is 8.48. The molecule has 1 saturated heterocycles. The molecule has 13 heteroatoms. The van der Waals surface area contributed by atoms with Crippen molar-refractivity contribution in [3.8, 4) is 22.8 Å². The zero-order valence-electron chi connectivity index (χ0n) is 24.2. The maximum atomic E-state index is 14.7. The van der Waals surface area contributed by atoms with Crippen LogP contribution < -0.4 is 15.0 Å². The molecule has 1 amide bonds. The van der Waals surface area contributed by atoms with E-state index in [4.69, 9.17) is 14.8 Å². The summed E-state index contributed by atoms with van der Waals surface area (Å²) in [6.07, 6.45) is 4.31. The number of ether oxygens (including phenoxy) is 1. The van der Waals surface area contributed by atoms with E-state index in [1.54, 1.807) is 0 Å². The molecule has 1 fully saturated rings. The molecule has 6 aromatic rings. The second-order valence-corrected chi connectivity index (χ2v) is 11.3. The van der Waals surface area contributed by atoms with Crippen LogP contribution >= 0.6 is 0 Å². The molecule has 4 aromatic heterocycles. The molecule has 0 aliphatic carbocycles. The lowest BCUT2D eigenvalue weighted by molar-refractivity contribution is -0.122. The summed E-state index contributed by atoms with van der Waals surface area (Å²) in [4.78, 5) is 29.4. The van der Waals surface area contributed by atoms with Crippen molar-refractivity contribution in [2.75, 3.05) is 18.0 Å². The predicted molar refractivity (Wildman–Crippen MR) is 162 cm³/mol. The largest absolute Gasteiger partial charge is 0.472 e. The van der Waals surface area contributed by atoms with Crippen molar-refractivity contribution in [3.05, 3.63) is 84.4 Å². The number of nitrogens with one attached hydrogen (secondary N) is 1. The lowest BCUT2D eigenvalue weighted by Crippen LogP contribution is -2.44. The van der Waals surface area contributed by atoms with Gasteiger partial charge in [-0.3, -0.25) is 9.48 Å². The quantitative estimate of drug-likeness (QED) is 0.313. The lowest BCUT2D eigenvalue weighted by Gasteiger charge is -2.25. The predicted octanol–water partition coefficient (Wildman–Crippen LogP) is 4.13. The van der Waals surface area contributed by atoms with Crippen molar-refractivity contribution in [1.82, 2.24) is 39.8 Å². The number of hydrogen-bond donors (Lipinski definition) is 1. The maximum absolute atomic E-state index is 14.7. The molecule has 45 heavy (non-hydrogen) atoms. The van der Waals surface area contributed by atoms with E-state index in [0.29, 0.717) is 55.1 Å². The van der Waals surface area contributed by atoms with Gasteiger partial charge in [0, 0.05) is 48.8 Å². The van der Waals surface area contributed by atoms with Crippen molar-refractivity contribution in [3.63, 3.8) is 0 Å². The van der Waals surface area contributed by atoms with Crippen molar-refractivity contribution >= 4 is 33.7 Å². The maximum Gasteiger partial charge on any atom is 0.242 e. The van der Waals surface area contributed by atoms with Crippen LogP contribution in [0.5, 0.6) is 5.88 Å². The smallest absolute Gasteiger partial charge is 0.242 e. The summed E-state index contributed by atoms with van der Waals surface area (Å²) < 4.78 is 37.9. The van der Waals surface area contributed by atoms with Gasteiger partial charge in [-0.1, -0.05) is 18.2 Å².